The van der Waals surface area contributed by atoms with E-state index >= 15 is 0 Å². The number of aromatic nitrogens is 2. The van der Waals surface area contributed by atoms with E-state index in [9.17, 15) is 4.79 Å². The Bertz CT molecular complexity index is 761. The van der Waals surface area contributed by atoms with Crippen LogP contribution in [0.15, 0.2) is 73.3 Å². The van der Waals surface area contributed by atoms with Crippen molar-refractivity contribution in [1.29, 1.82) is 0 Å². The van der Waals surface area contributed by atoms with Crippen LogP contribution in [0, 0.1) is 0 Å². The van der Waals surface area contributed by atoms with Gasteiger partial charge in [-0.25, -0.2) is 4.79 Å². The number of carbonyl (C=O) groups is 1. The number of hydrogen-bond donors (Lipinski definition) is 1. The number of hydrogen-bond acceptors (Lipinski definition) is 2. The standard InChI is InChI=1S/C17H12N2O2.2ClH/c20-17(21)15-1-3-16(4-2-15)19-11-7-14(8-12-19)13-5-9-18-10-6-13;;/h1-12H;2*1H. The highest BCUT2D eigenvalue weighted by atomic mass is 35.5. The first-order valence-electron chi connectivity index (χ1n) is 6.49. The molecule has 0 saturated heterocycles. The summed E-state index contributed by atoms with van der Waals surface area (Å²) in [6.45, 7) is 0. The maximum atomic E-state index is 10.8. The monoisotopic (exact) mass is 348 g/mol. The van der Waals surface area contributed by atoms with Crippen molar-refractivity contribution >= 4 is 18.4 Å². The van der Waals surface area contributed by atoms with E-state index in [4.69, 9.17) is 5.11 Å². The summed E-state index contributed by atoms with van der Waals surface area (Å²) in [6, 6.07) is 14.7. The van der Waals surface area contributed by atoms with E-state index in [1.54, 1.807) is 36.7 Å². The van der Waals surface area contributed by atoms with Gasteiger partial charge in [-0.3, -0.25) is 4.98 Å². The van der Waals surface area contributed by atoms with Crippen LogP contribution in [0.5, 0.6) is 0 Å². The molecule has 3 rings (SSSR count). The van der Waals surface area contributed by atoms with Crippen LogP contribution in [-0.2, 0) is 0 Å². The fourth-order valence-corrected chi connectivity index (χ4v) is 2.11. The lowest BCUT2D eigenvalue weighted by molar-refractivity contribution is -0.595. The molecule has 0 saturated carbocycles. The number of halogens is 2. The van der Waals surface area contributed by atoms with Crippen LogP contribution in [0.25, 0.3) is 16.8 Å². The average Bonchev–Trinajstić information content (AvgIpc) is 2.56. The number of aromatic carboxylic acids is 1. The molecule has 3 aromatic rings. The second kappa shape index (κ2) is 8.27. The van der Waals surface area contributed by atoms with E-state index < -0.39 is 5.97 Å². The Labute approximate surface area is 146 Å². The van der Waals surface area contributed by atoms with Crippen LogP contribution in [0.2, 0.25) is 0 Å². The highest BCUT2D eigenvalue weighted by Crippen LogP contribution is 2.16. The Morgan fingerprint density at radius 3 is 1.91 bits per heavy atom. The molecule has 6 heteroatoms. The maximum absolute atomic E-state index is 10.8. The number of benzene rings is 1. The van der Waals surface area contributed by atoms with Crippen molar-refractivity contribution in [3.8, 4) is 16.8 Å². The van der Waals surface area contributed by atoms with Gasteiger partial charge in [-0.15, -0.1) is 12.4 Å². The van der Waals surface area contributed by atoms with Crippen LogP contribution in [-0.4, -0.2) is 16.1 Å². The number of rotatable bonds is 3. The van der Waals surface area contributed by atoms with Crippen molar-refractivity contribution in [2.45, 2.75) is 0 Å². The molecular weight excluding hydrogens is 335 g/mol. The summed E-state index contributed by atoms with van der Waals surface area (Å²) in [5.41, 5.74) is 3.42. The van der Waals surface area contributed by atoms with Gasteiger partial charge in [-0.1, -0.05) is 0 Å². The lowest BCUT2D eigenvalue weighted by Gasteiger charge is -2.00. The van der Waals surface area contributed by atoms with Crippen LogP contribution in [0.4, 0.5) is 0 Å². The molecule has 23 heavy (non-hydrogen) atoms. The van der Waals surface area contributed by atoms with Crippen molar-refractivity contribution in [1.82, 2.24) is 4.98 Å². The molecule has 0 spiro atoms. The zero-order chi connectivity index (χ0) is 14.7. The van der Waals surface area contributed by atoms with Gasteiger partial charge in [0.25, 0.3) is 0 Å². The minimum absolute atomic E-state index is 0. The highest BCUT2D eigenvalue weighted by molar-refractivity contribution is 5.87. The molecule has 0 aliphatic carbocycles. The quantitative estimate of drug-likeness (QED) is 0.685. The maximum Gasteiger partial charge on any atom is 0.335 e. The Hall–Kier alpha value is -2.43. The van der Waals surface area contributed by atoms with Gasteiger partial charge in [0.1, 0.15) is 0 Å². The molecule has 1 N–H and O–H groups in total. The van der Waals surface area contributed by atoms with Gasteiger partial charge in [0.15, 0.2) is 12.4 Å². The van der Waals surface area contributed by atoms with Crippen molar-refractivity contribution < 1.29 is 26.9 Å². The first-order chi connectivity index (χ1) is 10.2. The number of nitrogens with zero attached hydrogens (tertiary/aromatic N) is 2. The largest absolute Gasteiger partial charge is 1.00 e. The van der Waals surface area contributed by atoms with E-state index in [-0.39, 0.29) is 30.4 Å². The van der Waals surface area contributed by atoms with Gasteiger partial charge < -0.3 is 17.5 Å². The molecule has 2 aromatic heterocycles. The average molecular weight is 349 g/mol. The Morgan fingerprint density at radius 2 is 1.39 bits per heavy atom. The number of carboxylic acid groups (broad SMARTS) is 1. The first kappa shape index (κ1) is 18.6. The molecular formula is C17H14Cl2N2O2. The van der Waals surface area contributed by atoms with Crippen molar-refractivity contribution in [3.63, 3.8) is 0 Å². The molecule has 0 aliphatic rings. The van der Waals surface area contributed by atoms with Crippen molar-refractivity contribution in [2.24, 2.45) is 0 Å². The van der Waals surface area contributed by atoms with E-state index in [1.807, 2.05) is 41.2 Å². The van der Waals surface area contributed by atoms with Gasteiger partial charge in [-0.05, 0) is 35.4 Å². The van der Waals surface area contributed by atoms with Gasteiger partial charge >= 0.3 is 5.97 Å². The zero-order valence-electron chi connectivity index (χ0n) is 12.0. The molecule has 0 radical (unpaired) electrons. The van der Waals surface area contributed by atoms with Crippen LogP contribution < -0.4 is 17.0 Å². The van der Waals surface area contributed by atoms with E-state index in [0.29, 0.717) is 0 Å². The topological polar surface area (TPSA) is 54.1 Å². The predicted octanol–water partition coefficient (Wildman–Crippen LogP) is 0.149. The van der Waals surface area contributed by atoms with Crippen LogP contribution >= 0.6 is 12.4 Å². The fourth-order valence-electron chi connectivity index (χ4n) is 2.11. The van der Waals surface area contributed by atoms with Gasteiger partial charge in [0.05, 0.1) is 5.56 Å². The molecule has 0 atom stereocenters. The molecule has 0 bridgehead atoms. The summed E-state index contributed by atoms with van der Waals surface area (Å²) in [5.74, 6) is -0.917. The summed E-state index contributed by atoms with van der Waals surface area (Å²) >= 11 is 0. The normalized spacial score (nSPS) is 9.39. The first-order valence-corrected chi connectivity index (χ1v) is 6.49. The van der Waals surface area contributed by atoms with E-state index in [0.717, 1.165) is 16.8 Å². The third kappa shape index (κ3) is 4.28. The predicted molar refractivity (Wildman–Crippen MR) is 85.4 cm³/mol. The summed E-state index contributed by atoms with van der Waals surface area (Å²) in [6.07, 6.45) is 7.43. The second-order valence-electron chi connectivity index (χ2n) is 4.58. The zero-order valence-corrected chi connectivity index (χ0v) is 13.5. The second-order valence-corrected chi connectivity index (χ2v) is 4.58. The minimum Gasteiger partial charge on any atom is -1.00 e. The lowest BCUT2D eigenvalue weighted by atomic mass is 10.1. The molecule has 0 aliphatic heterocycles. The van der Waals surface area contributed by atoms with Crippen LogP contribution in [0.3, 0.4) is 0 Å². The summed E-state index contributed by atoms with van der Waals surface area (Å²) < 4.78 is 1.94. The number of pyridine rings is 2. The molecule has 1 aromatic carbocycles. The fraction of sp³-hybridized carbons (Fsp3) is 0. The van der Waals surface area contributed by atoms with E-state index in [2.05, 4.69) is 4.98 Å². The molecule has 0 unspecified atom stereocenters. The highest BCUT2D eigenvalue weighted by Gasteiger charge is 2.08. The Kier molecular flexibility index (Phi) is 6.69. The smallest absolute Gasteiger partial charge is 0.335 e. The molecule has 2 heterocycles. The van der Waals surface area contributed by atoms with Gasteiger partial charge in [0.2, 0.25) is 5.69 Å². The molecule has 4 nitrogen and oxygen atoms in total. The SMILES string of the molecule is Cl.O=C(O)c1ccc(-[n+]2ccc(-c3ccncc3)cc2)cc1.[Cl-]. The third-order valence-corrected chi connectivity index (χ3v) is 3.26. The van der Waals surface area contributed by atoms with Gasteiger partial charge in [0, 0.05) is 36.7 Å². The molecule has 118 valence electrons. The Morgan fingerprint density at radius 1 is 0.870 bits per heavy atom. The third-order valence-electron chi connectivity index (χ3n) is 3.26. The lowest BCUT2D eigenvalue weighted by Crippen LogP contribution is -3.00. The number of carboxylic acids is 1. The van der Waals surface area contributed by atoms with Crippen molar-refractivity contribution in [3.05, 3.63) is 78.9 Å². The molecule has 0 amide bonds. The van der Waals surface area contributed by atoms with Gasteiger partial charge in [-0.2, -0.15) is 4.57 Å². The Balaban J connectivity index is 0.00000132. The molecule has 0 fully saturated rings. The minimum atomic E-state index is -0.917. The van der Waals surface area contributed by atoms with E-state index in [1.165, 1.54) is 0 Å². The summed E-state index contributed by atoms with van der Waals surface area (Å²) in [7, 11) is 0. The summed E-state index contributed by atoms with van der Waals surface area (Å²) in [5, 5.41) is 8.90. The summed E-state index contributed by atoms with van der Waals surface area (Å²) in [4.78, 5) is 14.8. The van der Waals surface area contributed by atoms with Crippen molar-refractivity contribution in [2.75, 3.05) is 0 Å². The van der Waals surface area contributed by atoms with Crippen LogP contribution in [0.1, 0.15) is 10.4 Å².